The van der Waals surface area contributed by atoms with Gasteiger partial charge in [-0.05, 0) is 49.1 Å². The van der Waals surface area contributed by atoms with Crippen LogP contribution in [-0.2, 0) is 23.9 Å². The van der Waals surface area contributed by atoms with Crippen LogP contribution in [0.5, 0.6) is 0 Å². The van der Waals surface area contributed by atoms with Crippen molar-refractivity contribution in [1.29, 1.82) is 0 Å². The van der Waals surface area contributed by atoms with Crippen LogP contribution in [0.4, 0.5) is 5.69 Å². The average molecular weight is 433 g/mol. The van der Waals surface area contributed by atoms with Gasteiger partial charge in [0.05, 0.1) is 22.5 Å². The Bertz CT molecular complexity index is 873. The van der Waals surface area contributed by atoms with Crippen LogP contribution in [0.25, 0.3) is 0 Å². The Kier molecular flexibility index (Phi) is 5.57. The van der Waals surface area contributed by atoms with Gasteiger partial charge in [-0.1, -0.05) is 37.6 Å². The number of nitrogens with zero attached hydrogens (tertiary/aromatic N) is 1. The number of para-hydroxylation sites is 1. The van der Waals surface area contributed by atoms with Crippen molar-refractivity contribution in [2.75, 3.05) is 11.9 Å². The normalized spacial score (nSPS) is 28.1. The molecular formula is C22H25ClN2O5. The predicted octanol–water partition coefficient (Wildman–Crippen LogP) is 2.88. The fourth-order valence-electron chi connectivity index (χ4n) is 5.35. The van der Waals surface area contributed by atoms with Gasteiger partial charge < -0.3 is 10.1 Å². The summed E-state index contributed by atoms with van der Waals surface area (Å²) in [6.45, 7) is 3.00. The molecule has 1 aromatic carbocycles. The number of carbonyl (C=O) groups excluding carboxylic acids is 4. The first-order chi connectivity index (χ1) is 14.3. The highest BCUT2D eigenvalue weighted by atomic mass is 35.5. The topological polar surface area (TPSA) is 92.8 Å². The van der Waals surface area contributed by atoms with Gasteiger partial charge in [0.15, 0.2) is 6.61 Å². The maximum absolute atomic E-state index is 13.1. The van der Waals surface area contributed by atoms with Crippen LogP contribution >= 0.6 is 11.6 Å². The first-order valence-electron chi connectivity index (χ1n) is 10.4. The Balaban J connectivity index is 1.42. The van der Waals surface area contributed by atoms with E-state index in [0.29, 0.717) is 10.7 Å². The van der Waals surface area contributed by atoms with Crippen LogP contribution in [0, 0.1) is 29.6 Å². The zero-order valence-corrected chi connectivity index (χ0v) is 17.7. The molecule has 3 fully saturated rings. The number of carbonyl (C=O) groups is 4. The Morgan fingerprint density at radius 2 is 1.73 bits per heavy atom. The molecule has 30 heavy (non-hydrogen) atoms. The van der Waals surface area contributed by atoms with Gasteiger partial charge in [-0.2, -0.15) is 0 Å². The van der Waals surface area contributed by atoms with Gasteiger partial charge in [-0.3, -0.25) is 19.3 Å². The molecule has 3 aliphatic rings. The van der Waals surface area contributed by atoms with Crippen molar-refractivity contribution in [3.8, 4) is 0 Å². The van der Waals surface area contributed by atoms with Crippen molar-refractivity contribution in [2.45, 2.75) is 39.2 Å². The standard InChI is InChI=1S/C22H25ClN2O5/c1-11(2)19(22(29)30-10-16(26)24-15-6-4-3-5-14(15)23)25-20(27)17-12-7-8-13(9-12)18(17)21(25)28/h3-6,11-13,17-19H,7-10H2,1-2H3,(H,24,26)/t12-,13-,17-,18-,19+/m0/s1. The minimum Gasteiger partial charge on any atom is -0.454 e. The van der Waals surface area contributed by atoms with E-state index in [1.54, 1.807) is 38.1 Å². The quantitative estimate of drug-likeness (QED) is 0.551. The lowest BCUT2D eigenvalue weighted by molar-refractivity contribution is -0.162. The van der Waals surface area contributed by atoms with Crippen molar-refractivity contribution in [3.63, 3.8) is 0 Å². The van der Waals surface area contributed by atoms with E-state index in [1.165, 1.54) is 0 Å². The molecule has 0 unspecified atom stereocenters. The van der Waals surface area contributed by atoms with E-state index in [1.807, 2.05) is 0 Å². The third kappa shape index (κ3) is 3.49. The van der Waals surface area contributed by atoms with Crippen molar-refractivity contribution in [2.24, 2.45) is 29.6 Å². The molecule has 2 bridgehead atoms. The van der Waals surface area contributed by atoms with E-state index < -0.39 is 24.5 Å². The summed E-state index contributed by atoms with van der Waals surface area (Å²) in [5, 5.41) is 2.94. The van der Waals surface area contributed by atoms with E-state index in [4.69, 9.17) is 16.3 Å². The SMILES string of the molecule is CC(C)[C@H](C(=O)OCC(=O)Nc1ccccc1Cl)N1C(=O)[C@H]2[C@H]3CC[C@@H](C3)[C@@H]2C1=O. The van der Waals surface area contributed by atoms with Gasteiger partial charge in [0, 0.05) is 0 Å². The lowest BCUT2D eigenvalue weighted by Crippen LogP contribution is -2.50. The molecule has 7 nitrogen and oxygen atoms in total. The minimum atomic E-state index is -1.02. The maximum atomic E-state index is 13.1. The van der Waals surface area contributed by atoms with Gasteiger partial charge in [0.2, 0.25) is 11.8 Å². The summed E-state index contributed by atoms with van der Waals surface area (Å²) < 4.78 is 5.20. The number of halogens is 1. The predicted molar refractivity (Wildman–Crippen MR) is 109 cm³/mol. The molecule has 0 aromatic heterocycles. The summed E-state index contributed by atoms with van der Waals surface area (Å²) >= 11 is 6.01. The van der Waals surface area contributed by atoms with Crippen LogP contribution in [-0.4, -0.2) is 41.2 Å². The number of esters is 1. The van der Waals surface area contributed by atoms with Gasteiger partial charge in [-0.15, -0.1) is 0 Å². The second-order valence-electron chi connectivity index (χ2n) is 8.76. The van der Waals surface area contributed by atoms with Crippen molar-refractivity contribution in [1.82, 2.24) is 4.90 Å². The van der Waals surface area contributed by atoms with E-state index in [-0.39, 0.29) is 41.4 Å². The number of imide groups is 1. The Morgan fingerprint density at radius 1 is 1.13 bits per heavy atom. The van der Waals surface area contributed by atoms with Crippen LogP contribution in [0.15, 0.2) is 24.3 Å². The number of amides is 3. The Labute approximate surface area is 180 Å². The van der Waals surface area contributed by atoms with Gasteiger partial charge in [-0.25, -0.2) is 4.79 Å². The molecule has 8 heteroatoms. The van der Waals surface area contributed by atoms with Crippen LogP contribution in [0.1, 0.15) is 33.1 Å². The van der Waals surface area contributed by atoms with Gasteiger partial charge >= 0.3 is 5.97 Å². The molecule has 0 spiro atoms. The Hall–Kier alpha value is -2.41. The van der Waals surface area contributed by atoms with Crippen molar-refractivity contribution < 1.29 is 23.9 Å². The summed E-state index contributed by atoms with van der Waals surface area (Å²) in [4.78, 5) is 52.2. The van der Waals surface area contributed by atoms with Gasteiger partial charge in [0.1, 0.15) is 6.04 Å². The average Bonchev–Trinajstić information content (AvgIpc) is 3.38. The second-order valence-corrected chi connectivity index (χ2v) is 9.16. The van der Waals surface area contributed by atoms with E-state index in [9.17, 15) is 19.2 Å². The largest absolute Gasteiger partial charge is 0.454 e. The first kappa shape index (κ1) is 20.8. The molecule has 2 aliphatic carbocycles. The number of likely N-dealkylation sites (tertiary alicyclic amines) is 1. The summed E-state index contributed by atoms with van der Waals surface area (Å²) in [7, 11) is 0. The monoisotopic (exact) mass is 432 g/mol. The maximum Gasteiger partial charge on any atom is 0.330 e. The molecule has 2 saturated carbocycles. The number of ether oxygens (including phenoxy) is 1. The molecule has 1 heterocycles. The summed E-state index contributed by atoms with van der Waals surface area (Å²) in [5.41, 5.74) is 0.411. The molecule has 5 atom stereocenters. The number of nitrogens with one attached hydrogen (secondary N) is 1. The first-order valence-corrected chi connectivity index (χ1v) is 10.7. The summed E-state index contributed by atoms with van der Waals surface area (Å²) in [6.07, 6.45) is 2.87. The fourth-order valence-corrected chi connectivity index (χ4v) is 5.54. The fraction of sp³-hybridized carbons (Fsp3) is 0.545. The zero-order valence-electron chi connectivity index (χ0n) is 17.0. The smallest absolute Gasteiger partial charge is 0.330 e. The van der Waals surface area contributed by atoms with Crippen molar-refractivity contribution in [3.05, 3.63) is 29.3 Å². The third-order valence-corrected chi connectivity index (χ3v) is 6.94. The molecule has 1 aromatic rings. The van der Waals surface area contributed by atoms with Gasteiger partial charge in [0.25, 0.3) is 5.91 Å². The molecule has 0 radical (unpaired) electrons. The number of rotatable bonds is 6. The number of hydrogen-bond donors (Lipinski definition) is 1. The van der Waals surface area contributed by atoms with Crippen LogP contribution < -0.4 is 5.32 Å². The summed E-state index contributed by atoms with van der Waals surface area (Å²) in [6, 6.07) is 5.69. The highest BCUT2D eigenvalue weighted by Gasteiger charge is 2.62. The number of fused-ring (bicyclic) bond motifs is 5. The van der Waals surface area contributed by atoms with E-state index in [0.717, 1.165) is 24.2 Å². The molecule has 160 valence electrons. The summed E-state index contributed by atoms with van der Waals surface area (Å²) in [5.74, 6) is -2.24. The lowest BCUT2D eigenvalue weighted by Gasteiger charge is -2.28. The molecule has 1 aliphatic heterocycles. The molecule has 1 saturated heterocycles. The van der Waals surface area contributed by atoms with Crippen LogP contribution in [0.2, 0.25) is 5.02 Å². The Morgan fingerprint density at radius 3 is 2.30 bits per heavy atom. The molecule has 4 rings (SSSR count). The number of benzene rings is 1. The molecule has 3 amide bonds. The van der Waals surface area contributed by atoms with E-state index in [2.05, 4.69) is 5.32 Å². The second kappa shape index (κ2) is 8.02. The van der Waals surface area contributed by atoms with E-state index >= 15 is 0 Å². The number of anilines is 1. The third-order valence-electron chi connectivity index (χ3n) is 6.61. The minimum absolute atomic E-state index is 0.242. The molecule has 1 N–H and O–H groups in total. The molecular weight excluding hydrogens is 408 g/mol. The van der Waals surface area contributed by atoms with Crippen LogP contribution in [0.3, 0.4) is 0 Å². The highest BCUT2D eigenvalue weighted by molar-refractivity contribution is 6.33. The lowest BCUT2D eigenvalue weighted by atomic mass is 9.81. The number of hydrogen-bond acceptors (Lipinski definition) is 5. The highest BCUT2D eigenvalue weighted by Crippen LogP contribution is 2.56. The zero-order chi connectivity index (χ0) is 21.6. The van der Waals surface area contributed by atoms with Crippen molar-refractivity contribution >= 4 is 41.0 Å².